The molecule has 0 saturated heterocycles. The molecule has 0 bridgehead atoms. The molecule has 3 rings (SSSR count). The summed E-state index contributed by atoms with van der Waals surface area (Å²) in [7, 11) is 0. The van der Waals surface area contributed by atoms with Crippen LogP contribution in [-0.4, -0.2) is 10.8 Å². The Morgan fingerprint density at radius 1 is 1.00 bits per heavy atom. The number of aromatic nitrogens is 1. The van der Waals surface area contributed by atoms with Crippen molar-refractivity contribution < 1.29 is 9.18 Å². The highest BCUT2D eigenvalue weighted by Gasteiger charge is 2.13. The van der Waals surface area contributed by atoms with Gasteiger partial charge in [0.05, 0.1) is 5.52 Å². The Hall–Kier alpha value is -2.55. The maximum absolute atomic E-state index is 13.2. The Labute approximate surface area is 109 Å². The number of hydrogen-bond acceptors (Lipinski definition) is 2. The van der Waals surface area contributed by atoms with Gasteiger partial charge in [-0.05, 0) is 24.3 Å². The minimum absolute atomic E-state index is 0.219. The van der Waals surface area contributed by atoms with Crippen LogP contribution in [0.25, 0.3) is 10.9 Å². The summed E-state index contributed by atoms with van der Waals surface area (Å²) in [6.07, 6.45) is 1.64. The highest BCUT2D eigenvalue weighted by molar-refractivity contribution is 6.15. The van der Waals surface area contributed by atoms with Gasteiger partial charge in [-0.25, -0.2) is 4.39 Å². The van der Waals surface area contributed by atoms with E-state index in [1.807, 2.05) is 18.2 Å². The number of nitrogens with zero attached hydrogens (tertiary/aromatic N) is 1. The van der Waals surface area contributed by atoms with E-state index in [1.165, 1.54) is 18.2 Å². The summed E-state index contributed by atoms with van der Waals surface area (Å²) >= 11 is 0. The fourth-order valence-corrected chi connectivity index (χ4v) is 2.07. The molecule has 3 heteroatoms. The zero-order valence-electron chi connectivity index (χ0n) is 10.0. The number of hydrogen-bond donors (Lipinski definition) is 0. The predicted molar refractivity (Wildman–Crippen MR) is 71.6 cm³/mol. The monoisotopic (exact) mass is 251 g/mol. The normalized spacial score (nSPS) is 10.6. The number of halogens is 1. The minimum Gasteiger partial charge on any atom is -0.289 e. The van der Waals surface area contributed by atoms with E-state index in [9.17, 15) is 9.18 Å². The molecule has 2 nitrogen and oxygen atoms in total. The van der Waals surface area contributed by atoms with Crippen LogP contribution in [0.1, 0.15) is 15.9 Å². The van der Waals surface area contributed by atoms with Crippen molar-refractivity contribution in [3.05, 3.63) is 77.7 Å². The molecular formula is C16H10FNO. The van der Waals surface area contributed by atoms with Crippen molar-refractivity contribution in [3.8, 4) is 0 Å². The maximum Gasteiger partial charge on any atom is 0.195 e. The lowest BCUT2D eigenvalue weighted by atomic mass is 10.0. The molecule has 3 aromatic rings. The highest BCUT2D eigenvalue weighted by atomic mass is 19.1. The largest absolute Gasteiger partial charge is 0.289 e. The van der Waals surface area contributed by atoms with E-state index in [4.69, 9.17) is 0 Å². The molecule has 0 fully saturated rings. The fourth-order valence-electron chi connectivity index (χ4n) is 2.07. The number of para-hydroxylation sites is 1. The average molecular weight is 251 g/mol. The van der Waals surface area contributed by atoms with Gasteiger partial charge in [0.25, 0.3) is 0 Å². The van der Waals surface area contributed by atoms with Gasteiger partial charge >= 0.3 is 0 Å². The summed E-state index contributed by atoms with van der Waals surface area (Å²) in [6, 6.07) is 14.8. The second-order valence-corrected chi connectivity index (χ2v) is 4.22. The summed E-state index contributed by atoms with van der Waals surface area (Å²) in [5.41, 5.74) is 1.46. The predicted octanol–water partition coefficient (Wildman–Crippen LogP) is 3.60. The molecule has 0 aliphatic carbocycles. The molecule has 1 heterocycles. The molecule has 0 spiro atoms. The van der Waals surface area contributed by atoms with Gasteiger partial charge in [0.2, 0.25) is 0 Å². The average Bonchev–Trinajstić information content (AvgIpc) is 2.46. The van der Waals surface area contributed by atoms with Gasteiger partial charge < -0.3 is 0 Å². The van der Waals surface area contributed by atoms with Crippen LogP contribution in [0, 0.1) is 5.82 Å². The van der Waals surface area contributed by atoms with Crippen molar-refractivity contribution in [2.75, 3.05) is 0 Å². The summed E-state index contributed by atoms with van der Waals surface area (Å²) in [5.74, 6) is -0.636. The van der Waals surface area contributed by atoms with Gasteiger partial charge in [-0.1, -0.05) is 30.3 Å². The zero-order chi connectivity index (χ0) is 13.2. The van der Waals surface area contributed by atoms with Crippen LogP contribution in [0.2, 0.25) is 0 Å². The van der Waals surface area contributed by atoms with Gasteiger partial charge in [0.15, 0.2) is 5.78 Å². The first-order valence-corrected chi connectivity index (χ1v) is 5.90. The van der Waals surface area contributed by atoms with Crippen molar-refractivity contribution in [1.82, 2.24) is 4.98 Å². The molecule has 0 aliphatic heterocycles. The van der Waals surface area contributed by atoms with Gasteiger partial charge in [0.1, 0.15) is 5.82 Å². The van der Waals surface area contributed by atoms with E-state index in [1.54, 1.807) is 24.4 Å². The number of pyridine rings is 1. The first kappa shape index (κ1) is 11.5. The second-order valence-electron chi connectivity index (χ2n) is 4.22. The summed E-state index contributed by atoms with van der Waals surface area (Å²) in [6.45, 7) is 0. The topological polar surface area (TPSA) is 30.0 Å². The molecule has 0 aliphatic rings. The lowest BCUT2D eigenvalue weighted by Crippen LogP contribution is -2.03. The lowest BCUT2D eigenvalue weighted by Gasteiger charge is -2.05. The third kappa shape index (κ3) is 2.10. The van der Waals surface area contributed by atoms with Crippen LogP contribution < -0.4 is 0 Å². The Kier molecular flexibility index (Phi) is 2.80. The molecule has 0 amide bonds. The summed E-state index contributed by atoms with van der Waals surface area (Å²) in [4.78, 5) is 16.6. The molecule has 2 aromatic carbocycles. The van der Waals surface area contributed by atoms with E-state index < -0.39 is 5.82 Å². The van der Waals surface area contributed by atoms with Gasteiger partial charge in [-0.2, -0.15) is 0 Å². The van der Waals surface area contributed by atoms with E-state index >= 15 is 0 Å². The van der Waals surface area contributed by atoms with Crippen LogP contribution in [0.4, 0.5) is 4.39 Å². The number of rotatable bonds is 2. The summed E-state index contributed by atoms with van der Waals surface area (Å²) < 4.78 is 13.2. The Balaban J connectivity index is 2.17. The molecule has 0 atom stereocenters. The van der Waals surface area contributed by atoms with Crippen molar-refractivity contribution in [3.63, 3.8) is 0 Å². The Bertz CT molecular complexity index is 762. The lowest BCUT2D eigenvalue weighted by molar-refractivity contribution is 0.103. The molecule has 0 N–H and O–H groups in total. The van der Waals surface area contributed by atoms with E-state index in [-0.39, 0.29) is 5.78 Å². The van der Waals surface area contributed by atoms with Crippen LogP contribution in [0.15, 0.2) is 60.8 Å². The third-order valence-electron chi connectivity index (χ3n) is 2.96. The molecule has 0 unspecified atom stereocenters. The fraction of sp³-hybridized carbons (Fsp3) is 0. The van der Waals surface area contributed by atoms with Crippen molar-refractivity contribution >= 4 is 16.7 Å². The standard InChI is InChI=1S/C16H10FNO/c17-13-7-1-5-12(10-13)16(19)14-8-2-4-11-6-3-9-18-15(11)14/h1-10H. The smallest absolute Gasteiger partial charge is 0.195 e. The van der Waals surface area contributed by atoms with Gasteiger partial charge in [0, 0.05) is 22.7 Å². The molecule has 19 heavy (non-hydrogen) atoms. The zero-order valence-corrected chi connectivity index (χ0v) is 10.0. The van der Waals surface area contributed by atoms with Gasteiger partial charge in [-0.15, -0.1) is 0 Å². The van der Waals surface area contributed by atoms with Crippen molar-refractivity contribution in [1.29, 1.82) is 0 Å². The second kappa shape index (κ2) is 4.61. The van der Waals surface area contributed by atoms with E-state index in [0.717, 1.165) is 5.39 Å². The molecule has 0 radical (unpaired) electrons. The Morgan fingerprint density at radius 2 is 1.79 bits per heavy atom. The van der Waals surface area contributed by atoms with E-state index in [2.05, 4.69) is 4.98 Å². The first-order valence-electron chi connectivity index (χ1n) is 5.90. The van der Waals surface area contributed by atoms with Crippen LogP contribution in [-0.2, 0) is 0 Å². The molecule has 0 saturated carbocycles. The van der Waals surface area contributed by atoms with E-state index in [0.29, 0.717) is 16.6 Å². The van der Waals surface area contributed by atoms with Crippen LogP contribution >= 0.6 is 0 Å². The van der Waals surface area contributed by atoms with Crippen molar-refractivity contribution in [2.45, 2.75) is 0 Å². The van der Waals surface area contributed by atoms with Crippen LogP contribution in [0.5, 0.6) is 0 Å². The maximum atomic E-state index is 13.2. The molecular weight excluding hydrogens is 241 g/mol. The summed E-state index contributed by atoms with van der Waals surface area (Å²) in [5, 5.41) is 0.893. The number of fused-ring (bicyclic) bond motifs is 1. The third-order valence-corrected chi connectivity index (χ3v) is 2.96. The minimum atomic E-state index is -0.418. The molecule has 92 valence electrons. The SMILES string of the molecule is O=C(c1cccc(F)c1)c1cccc2cccnc12. The molecule has 1 aromatic heterocycles. The van der Waals surface area contributed by atoms with Crippen molar-refractivity contribution in [2.24, 2.45) is 0 Å². The van der Waals surface area contributed by atoms with Gasteiger partial charge in [-0.3, -0.25) is 9.78 Å². The Morgan fingerprint density at radius 3 is 2.63 bits per heavy atom. The highest BCUT2D eigenvalue weighted by Crippen LogP contribution is 2.19. The number of carbonyl (C=O) groups is 1. The number of ketones is 1. The van der Waals surface area contributed by atoms with Crippen LogP contribution in [0.3, 0.4) is 0 Å². The number of benzene rings is 2. The quantitative estimate of drug-likeness (QED) is 0.651. The number of carbonyl (C=O) groups excluding carboxylic acids is 1. The first-order chi connectivity index (χ1) is 9.25.